The first kappa shape index (κ1) is 30.6. The van der Waals surface area contributed by atoms with E-state index >= 15 is 0 Å². The lowest BCUT2D eigenvalue weighted by Crippen LogP contribution is -2.00. The first-order chi connectivity index (χ1) is 20.1. The molecule has 0 bridgehead atoms. The molecule has 3 aromatic rings. The Hall–Kier alpha value is -4.91. The normalized spacial score (nSPS) is 9.78. The molecule has 6 heteroatoms. The maximum atomic E-state index is 5.95. The third-order valence-corrected chi connectivity index (χ3v) is 5.63. The molecular weight excluding hydrogens is 510 g/mol. The monoisotopic (exact) mass is 545 g/mol. The summed E-state index contributed by atoms with van der Waals surface area (Å²) in [5.41, 5.74) is 2.87. The van der Waals surface area contributed by atoms with E-state index in [1.807, 2.05) is 0 Å². The number of nitrogens with zero attached hydrogens (tertiary/aromatic N) is 3. The number of hydrogen-bond donors (Lipinski definition) is 0. The van der Waals surface area contributed by atoms with Crippen molar-refractivity contribution in [3.05, 3.63) is 70.6 Å². The van der Waals surface area contributed by atoms with Gasteiger partial charge in [0, 0.05) is 36.4 Å². The van der Waals surface area contributed by atoms with E-state index in [1.54, 1.807) is 36.4 Å². The number of unbranched alkanes of at least 4 members (excludes halogenated alkanes) is 3. The van der Waals surface area contributed by atoms with Gasteiger partial charge >= 0.3 is 0 Å². The van der Waals surface area contributed by atoms with Crippen molar-refractivity contribution in [1.29, 1.82) is 0 Å². The zero-order valence-corrected chi connectivity index (χ0v) is 24.0. The SMILES string of the molecule is C#Cc1cc(OCCCC)cc(C#Cc2cc(OCCCC)cc(C#Cc3cc(OCCCC)cc(C#C)n3)n2)n1. The fraction of sp³-hybridized carbons (Fsp3) is 0.343. The van der Waals surface area contributed by atoms with Crippen molar-refractivity contribution in [3.8, 4) is 65.6 Å². The molecule has 0 radical (unpaired) electrons. The highest BCUT2D eigenvalue weighted by molar-refractivity contribution is 5.48. The van der Waals surface area contributed by atoms with Crippen molar-refractivity contribution >= 4 is 0 Å². The lowest BCUT2D eigenvalue weighted by atomic mass is 10.2. The molecule has 0 aliphatic rings. The summed E-state index contributed by atoms with van der Waals surface area (Å²) in [5.74, 6) is 19.3. The third kappa shape index (κ3) is 10.6. The molecule has 0 spiro atoms. The molecule has 0 aliphatic heterocycles. The van der Waals surface area contributed by atoms with Gasteiger partial charge in [-0.05, 0) is 42.9 Å². The quantitative estimate of drug-likeness (QED) is 0.200. The molecule has 41 heavy (non-hydrogen) atoms. The van der Waals surface area contributed by atoms with Crippen LogP contribution in [0.4, 0.5) is 0 Å². The highest BCUT2D eigenvalue weighted by Gasteiger charge is 2.05. The van der Waals surface area contributed by atoms with Gasteiger partial charge in [-0.1, -0.05) is 51.9 Å². The topological polar surface area (TPSA) is 66.4 Å². The van der Waals surface area contributed by atoms with Crippen molar-refractivity contribution in [2.45, 2.75) is 59.3 Å². The maximum Gasteiger partial charge on any atom is 0.124 e. The van der Waals surface area contributed by atoms with Crippen LogP contribution >= 0.6 is 0 Å². The van der Waals surface area contributed by atoms with Crippen LogP contribution in [0, 0.1) is 48.4 Å². The number of ether oxygens (including phenoxy) is 3. The van der Waals surface area contributed by atoms with E-state index in [1.165, 1.54) is 0 Å². The third-order valence-electron chi connectivity index (χ3n) is 5.63. The summed E-state index contributed by atoms with van der Waals surface area (Å²) < 4.78 is 17.6. The second kappa shape index (κ2) is 16.9. The smallest absolute Gasteiger partial charge is 0.124 e. The Morgan fingerprint density at radius 1 is 0.488 bits per heavy atom. The Morgan fingerprint density at radius 3 is 1.02 bits per heavy atom. The minimum absolute atomic E-state index is 0.458. The van der Waals surface area contributed by atoms with Crippen molar-refractivity contribution in [2.24, 2.45) is 0 Å². The van der Waals surface area contributed by atoms with Crippen LogP contribution < -0.4 is 14.2 Å². The lowest BCUT2D eigenvalue weighted by Gasteiger charge is -2.07. The Bertz CT molecular complexity index is 1420. The van der Waals surface area contributed by atoms with E-state index in [0.717, 1.165) is 38.5 Å². The molecule has 0 saturated heterocycles. The summed E-state index contributed by atoms with van der Waals surface area (Å²) in [6.45, 7) is 8.11. The average Bonchev–Trinajstić information content (AvgIpc) is 2.99. The molecule has 0 saturated carbocycles. The predicted molar refractivity (Wildman–Crippen MR) is 162 cm³/mol. The van der Waals surface area contributed by atoms with Crippen LogP contribution in [0.5, 0.6) is 17.2 Å². The fourth-order valence-corrected chi connectivity index (χ4v) is 3.43. The van der Waals surface area contributed by atoms with E-state index in [-0.39, 0.29) is 0 Å². The van der Waals surface area contributed by atoms with Gasteiger partial charge in [0.2, 0.25) is 0 Å². The average molecular weight is 546 g/mol. The van der Waals surface area contributed by atoms with Crippen molar-refractivity contribution < 1.29 is 14.2 Å². The number of hydrogen-bond acceptors (Lipinski definition) is 6. The molecule has 3 heterocycles. The van der Waals surface area contributed by atoms with Gasteiger partial charge in [0.1, 0.15) is 51.4 Å². The molecule has 208 valence electrons. The van der Waals surface area contributed by atoms with Gasteiger partial charge in [-0.2, -0.15) is 0 Å². The number of rotatable bonds is 12. The summed E-state index contributed by atoms with van der Waals surface area (Å²) in [5, 5.41) is 0. The summed E-state index contributed by atoms with van der Waals surface area (Å²) in [6.07, 6.45) is 17.1. The van der Waals surface area contributed by atoms with Crippen LogP contribution in [-0.2, 0) is 0 Å². The molecule has 0 unspecified atom stereocenters. The van der Waals surface area contributed by atoms with E-state index in [2.05, 4.69) is 71.2 Å². The van der Waals surface area contributed by atoms with Gasteiger partial charge in [0.25, 0.3) is 0 Å². The Labute approximate surface area is 244 Å². The van der Waals surface area contributed by atoms with Crippen molar-refractivity contribution in [3.63, 3.8) is 0 Å². The summed E-state index contributed by atoms with van der Waals surface area (Å²) in [4.78, 5) is 13.4. The van der Waals surface area contributed by atoms with E-state index in [0.29, 0.717) is 71.2 Å². The van der Waals surface area contributed by atoms with E-state index in [4.69, 9.17) is 27.1 Å². The van der Waals surface area contributed by atoms with E-state index in [9.17, 15) is 0 Å². The summed E-state index contributed by atoms with van der Waals surface area (Å²) in [7, 11) is 0. The van der Waals surface area contributed by atoms with Crippen LogP contribution in [0.15, 0.2) is 36.4 Å². The fourth-order valence-electron chi connectivity index (χ4n) is 3.43. The molecule has 0 fully saturated rings. The first-order valence-electron chi connectivity index (χ1n) is 14.0. The number of aromatic nitrogens is 3. The standard InChI is InChI=1S/C35H35N3O3/c1-6-11-18-39-33-21-27(9-4)36-29(23-33)14-16-31-25-35(41-20-13-8-3)26-32(38-31)17-15-30-24-34(40-19-12-7-2)22-28(10-5)37-30/h4-5,21-26H,6-8,11-13,18-20H2,1-3H3. The highest BCUT2D eigenvalue weighted by atomic mass is 16.5. The molecule has 0 N–H and O–H groups in total. The second-order valence-electron chi connectivity index (χ2n) is 9.11. The van der Waals surface area contributed by atoms with Crippen LogP contribution in [-0.4, -0.2) is 34.8 Å². The molecule has 0 aromatic carbocycles. The maximum absolute atomic E-state index is 5.95. The summed E-state index contributed by atoms with van der Waals surface area (Å²) >= 11 is 0. The summed E-state index contributed by atoms with van der Waals surface area (Å²) in [6, 6.07) is 10.6. The van der Waals surface area contributed by atoms with Crippen LogP contribution in [0.25, 0.3) is 0 Å². The second-order valence-corrected chi connectivity index (χ2v) is 9.11. The van der Waals surface area contributed by atoms with Crippen molar-refractivity contribution in [2.75, 3.05) is 19.8 Å². The van der Waals surface area contributed by atoms with Gasteiger partial charge in [0.05, 0.1) is 19.8 Å². The Kier molecular flexibility index (Phi) is 12.6. The first-order valence-corrected chi connectivity index (χ1v) is 14.0. The Balaban J connectivity index is 1.94. The molecule has 6 nitrogen and oxygen atoms in total. The van der Waals surface area contributed by atoms with Crippen LogP contribution in [0.1, 0.15) is 93.5 Å². The van der Waals surface area contributed by atoms with Gasteiger partial charge < -0.3 is 14.2 Å². The zero-order chi connectivity index (χ0) is 29.3. The Morgan fingerprint density at radius 2 is 0.756 bits per heavy atom. The predicted octanol–water partition coefficient (Wildman–Crippen LogP) is 6.17. The molecule has 3 aromatic heterocycles. The highest BCUT2D eigenvalue weighted by Crippen LogP contribution is 2.18. The molecule has 0 atom stereocenters. The molecule has 0 aliphatic carbocycles. The van der Waals surface area contributed by atoms with Crippen molar-refractivity contribution in [1.82, 2.24) is 15.0 Å². The van der Waals surface area contributed by atoms with Gasteiger partial charge in [-0.15, -0.1) is 12.8 Å². The van der Waals surface area contributed by atoms with Gasteiger partial charge in [-0.3, -0.25) is 0 Å². The zero-order valence-electron chi connectivity index (χ0n) is 24.0. The molecule has 3 rings (SSSR count). The number of pyridine rings is 3. The lowest BCUT2D eigenvalue weighted by molar-refractivity contribution is 0.308. The van der Waals surface area contributed by atoms with E-state index < -0.39 is 0 Å². The minimum Gasteiger partial charge on any atom is -0.493 e. The largest absolute Gasteiger partial charge is 0.493 e. The van der Waals surface area contributed by atoms with Crippen LogP contribution in [0.2, 0.25) is 0 Å². The van der Waals surface area contributed by atoms with Gasteiger partial charge in [-0.25, -0.2) is 15.0 Å². The molecule has 0 amide bonds. The van der Waals surface area contributed by atoms with Crippen LogP contribution in [0.3, 0.4) is 0 Å². The van der Waals surface area contributed by atoms with Gasteiger partial charge in [0.15, 0.2) is 0 Å². The number of terminal acetylenes is 2. The minimum atomic E-state index is 0.458. The molecular formula is C35H35N3O3.